The number of nitrogens with zero attached hydrogens (tertiary/aromatic N) is 1. The van der Waals surface area contributed by atoms with E-state index in [-0.39, 0.29) is 0 Å². The minimum absolute atomic E-state index is 0.825. The molecule has 2 aliphatic rings. The topological polar surface area (TPSA) is 3.24 Å². The van der Waals surface area contributed by atoms with Crippen LogP contribution in [0.25, 0.3) is 0 Å². The molecule has 1 heterocycles. The zero-order valence-corrected chi connectivity index (χ0v) is 12.0. The Balaban J connectivity index is 1.67. The van der Waals surface area contributed by atoms with E-state index < -0.39 is 0 Å². The van der Waals surface area contributed by atoms with E-state index in [4.69, 9.17) is 0 Å². The summed E-state index contributed by atoms with van der Waals surface area (Å²) >= 11 is 0. The molecule has 0 atom stereocenters. The molecule has 1 radical (unpaired) electrons. The summed E-state index contributed by atoms with van der Waals surface area (Å²) in [7, 11) is 0. The highest BCUT2D eigenvalue weighted by atomic mass is 15.1. The van der Waals surface area contributed by atoms with E-state index in [1.165, 1.54) is 70.1 Å². The molecule has 0 aromatic heterocycles. The Labute approximate surface area is 118 Å². The maximum Gasteiger partial charge on any atom is 0.0366 e. The summed E-state index contributed by atoms with van der Waals surface area (Å²) in [6.45, 7) is 2.39. The molecular formula is C18H26N. The molecular weight excluding hydrogens is 230 g/mol. The molecule has 1 saturated carbocycles. The van der Waals surface area contributed by atoms with Gasteiger partial charge in [-0.3, -0.25) is 0 Å². The molecule has 0 N–H and O–H groups in total. The van der Waals surface area contributed by atoms with Crippen molar-refractivity contribution in [1.29, 1.82) is 0 Å². The number of hydrogen-bond donors (Lipinski definition) is 0. The van der Waals surface area contributed by atoms with Gasteiger partial charge in [0.2, 0.25) is 0 Å². The first kappa shape index (κ1) is 13.0. The fourth-order valence-electron chi connectivity index (χ4n) is 3.58. The first-order valence-electron chi connectivity index (χ1n) is 8.10. The van der Waals surface area contributed by atoms with Gasteiger partial charge < -0.3 is 4.90 Å². The van der Waals surface area contributed by atoms with E-state index >= 15 is 0 Å². The molecule has 1 aromatic rings. The first-order valence-corrected chi connectivity index (χ1v) is 8.10. The summed E-state index contributed by atoms with van der Waals surface area (Å²) < 4.78 is 0. The van der Waals surface area contributed by atoms with Gasteiger partial charge in [-0.2, -0.15) is 0 Å². The lowest BCUT2D eigenvalue weighted by atomic mass is 9.91. The van der Waals surface area contributed by atoms with Crippen molar-refractivity contribution < 1.29 is 0 Å². The highest BCUT2D eigenvalue weighted by Crippen LogP contribution is 2.32. The van der Waals surface area contributed by atoms with Crippen molar-refractivity contribution in [3.63, 3.8) is 0 Å². The second-order valence-electron chi connectivity index (χ2n) is 6.13. The smallest absolute Gasteiger partial charge is 0.0366 e. The zero-order chi connectivity index (χ0) is 12.9. The summed E-state index contributed by atoms with van der Waals surface area (Å²) in [6.07, 6.45) is 13.4. The second kappa shape index (κ2) is 6.45. The Morgan fingerprint density at radius 1 is 0.789 bits per heavy atom. The van der Waals surface area contributed by atoms with E-state index in [2.05, 4.69) is 35.6 Å². The van der Waals surface area contributed by atoms with Gasteiger partial charge in [0.25, 0.3) is 0 Å². The van der Waals surface area contributed by atoms with Gasteiger partial charge in [-0.1, -0.05) is 37.8 Å². The van der Waals surface area contributed by atoms with Gasteiger partial charge in [0.15, 0.2) is 0 Å². The van der Waals surface area contributed by atoms with Crippen LogP contribution in [0.4, 0.5) is 5.69 Å². The third-order valence-corrected chi connectivity index (χ3v) is 4.79. The van der Waals surface area contributed by atoms with Crippen LogP contribution in [0.5, 0.6) is 0 Å². The highest BCUT2D eigenvalue weighted by molar-refractivity contribution is 5.48. The number of benzene rings is 1. The molecule has 2 fully saturated rings. The minimum atomic E-state index is 0.825. The molecule has 0 bridgehead atoms. The Hall–Kier alpha value is -0.980. The van der Waals surface area contributed by atoms with Gasteiger partial charge in [0.05, 0.1) is 0 Å². The van der Waals surface area contributed by atoms with Crippen LogP contribution in [0.1, 0.15) is 62.8 Å². The van der Waals surface area contributed by atoms with Gasteiger partial charge in [-0.15, -0.1) is 0 Å². The number of piperidine rings is 1. The molecule has 0 unspecified atom stereocenters. The third-order valence-electron chi connectivity index (χ3n) is 4.79. The number of anilines is 1. The summed E-state index contributed by atoms with van der Waals surface area (Å²) in [5, 5.41) is 0. The van der Waals surface area contributed by atoms with E-state index in [1.807, 2.05) is 0 Å². The SMILES string of the molecule is [CH]1CCN(c2ccc(C3CCCCCC3)cc2)CC1. The molecule has 1 aromatic carbocycles. The van der Waals surface area contributed by atoms with Crippen LogP contribution < -0.4 is 4.90 Å². The molecule has 1 saturated heterocycles. The number of rotatable bonds is 2. The summed E-state index contributed by atoms with van der Waals surface area (Å²) in [6, 6.07) is 9.49. The molecule has 19 heavy (non-hydrogen) atoms. The zero-order valence-electron chi connectivity index (χ0n) is 12.0. The van der Waals surface area contributed by atoms with Crippen molar-refractivity contribution in [2.75, 3.05) is 18.0 Å². The van der Waals surface area contributed by atoms with Crippen LogP contribution in [0.2, 0.25) is 0 Å². The lowest BCUT2D eigenvalue weighted by molar-refractivity contribution is 0.592. The quantitative estimate of drug-likeness (QED) is 0.678. The molecule has 1 nitrogen and oxygen atoms in total. The normalized spacial score (nSPS) is 22.2. The molecule has 3 rings (SSSR count). The highest BCUT2D eigenvalue weighted by Gasteiger charge is 2.15. The van der Waals surface area contributed by atoms with E-state index in [0.29, 0.717) is 0 Å². The van der Waals surface area contributed by atoms with E-state index in [1.54, 1.807) is 5.56 Å². The molecule has 103 valence electrons. The van der Waals surface area contributed by atoms with Crippen LogP contribution >= 0.6 is 0 Å². The fraction of sp³-hybridized carbons (Fsp3) is 0.611. The standard InChI is InChI=1S/C18H26N/c1-2-5-9-16(8-4-1)17-10-12-18(13-11-17)19-14-6-3-7-15-19/h3,10-13,16H,1-2,4-9,14-15H2. The largest absolute Gasteiger partial charge is 0.372 e. The van der Waals surface area contributed by atoms with Gasteiger partial charge in [0, 0.05) is 18.8 Å². The van der Waals surface area contributed by atoms with Crippen molar-refractivity contribution in [1.82, 2.24) is 0 Å². The van der Waals surface area contributed by atoms with Crippen LogP contribution in [-0.4, -0.2) is 13.1 Å². The Morgan fingerprint density at radius 3 is 2.05 bits per heavy atom. The first-order chi connectivity index (χ1) is 9.43. The lowest BCUT2D eigenvalue weighted by Gasteiger charge is -2.29. The minimum Gasteiger partial charge on any atom is -0.372 e. The predicted molar refractivity (Wildman–Crippen MR) is 82.6 cm³/mol. The van der Waals surface area contributed by atoms with Crippen LogP contribution in [0.15, 0.2) is 24.3 Å². The monoisotopic (exact) mass is 256 g/mol. The van der Waals surface area contributed by atoms with Gasteiger partial charge in [0.1, 0.15) is 0 Å². The van der Waals surface area contributed by atoms with E-state index in [9.17, 15) is 0 Å². The molecule has 1 aliphatic carbocycles. The summed E-state index contributed by atoms with van der Waals surface area (Å²) in [5.74, 6) is 0.825. The second-order valence-corrected chi connectivity index (χ2v) is 6.13. The lowest BCUT2D eigenvalue weighted by Crippen LogP contribution is -2.29. The molecule has 0 spiro atoms. The Morgan fingerprint density at radius 2 is 1.42 bits per heavy atom. The van der Waals surface area contributed by atoms with Crippen LogP contribution in [0.3, 0.4) is 0 Å². The molecule has 0 amide bonds. The summed E-state index contributed by atoms with van der Waals surface area (Å²) in [4.78, 5) is 2.52. The maximum absolute atomic E-state index is 2.52. The Bertz CT molecular complexity index is 367. The van der Waals surface area contributed by atoms with Crippen molar-refractivity contribution in [2.24, 2.45) is 0 Å². The number of hydrogen-bond acceptors (Lipinski definition) is 1. The predicted octanol–water partition coefficient (Wildman–Crippen LogP) is 4.93. The van der Waals surface area contributed by atoms with Crippen molar-refractivity contribution in [2.45, 2.75) is 57.3 Å². The average Bonchev–Trinajstić information content (AvgIpc) is 2.77. The van der Waals surface area contributed by atoms with Gasteiger partial charge >= 0.3 is 0 Å². The fourth-order valence-corrected chi connectivity index (χ4v) is 3.58. The van der Waals surface area contributed by atoms with Gasteiger partial charge in [-0.25, -0.2) is 0 Å². The van der Waals surface area contributed by atoms with Gasteiger partial charge in [-0.05, 0) is 55.7 Å². The van der Waals surface area contributed by atoms with Crippen molar-refractivity contribution in [3.05, 3.63) is 36.2 Å². The average molecular weight is 256 g/mol. The summed E-state index contributed by atoms with van der Waals surface area (Å²) in [5.41, 5.74) is 3.00. The Kier molecular flexibility index (Phi) is 4.42. The van der Waals surface area contributed by atoms with Crippen LogP contribution in [0, 0.1) is 6.42 Å². The van der Waals surface area contributed by atoms with Crippen LogP contribution in [-0.2, 0) is 0 Å². The molecule has 1 heteroatoms. The van der Waals surface area contributed by atoms with Crippen molar-refractivity contribution in [3.8, 4) is 0 Å². The van der Waals surface area contributed by atoms with Crippen molar-refractivity contribution >= 4 is 5.69 Å². The maximum atomic E-state index is 2.52. The van der Waals surface area contributed by atoms with E-state index in [0.717, 1.165) is 5.92 Å². The molecule has 1 aliphatic heterocycles. The third kappa shape index (κ3) is 3.32.